The molecule has 0 unspecified atom stereocenters. The third kappa shape index (κ3) is 4.59. The van der Waals surface area contributed by atoms with E-state index in [1.807, 2.05) is 13.8 Å². The van der Waals surface area contributed by atoms with E-state index in [0.717, 1.165) is 5.56 Å². The number of allylic oxidation sites excluding steroid dienone is 1. The van der Waals surface area contributed by atoms with E-state index in [4.69, 9.17) is 4.43 Å². The number of hydrogen-bond acceptors (Lipinski definition) is 4. The average molecular weight is 424 g/mol. The highest BCUT2D eigenvalue weighted by Gasteiger charge is 2.45. The fourth-order valence-electron chi connectivity index (χ4n) is 2.85. The van der Waals surface area contributed by atoms with Gasteiger partial charge in [-0.1, -0.05) is 50.6 Å². The standard InChI is InChI=1S/C21H33NO4SSi/c1-8-9-18-20(26-28(6,7)21(3,4)5)19(23)14-15-22(18)27(24,25)17-12-10-16(2)11-13-17/h8-15,18-20,23H,1-7H3/b9-8+/t18-,19+,20-/m1/s1. The Morgan fingerprint density at radius 3 is 2.25 bits per heavy atom. The Hall–Kier alpha value is -1.41. The number of benzene rings is 1. The normalized spacial score (nSPS) is 24.1. The molecule has 1 aliphatic heterocycles. The van der Waals surface area contributed by atoms with Crippen LogP contribution in [0.4, 0.5) is 0 Å². The zero-order valence-electron chi connectivity index (χ0n) is 17.9. The van der Waals surface area contributed by atoms with Gasteiger partial charge in [0.2, 0.25) is 0 Å². The molecule has 0 aliphatic carbocycles. The van der Waals surface area contributed by atoms with Crippen molar-refractivity contribution in [1.29, 1.82) is 0 Å². The first-order valence-electron chi connectivity index (χ1n) is 9.58. The molecule has 0 saturated heterocycles. The maximum absolute atomic E-state index is 13.3. The highest BCUT2D eigenvalue weighted by molar-refractivity contribution is 7.89. The number of aliphatic hydroxyl groups excluding tert-OH is 1. The summed E-state index contributed by atoms with van der Waals surface area (Å²) in [4.78, 5) is 0.222. The maximum atomic E-state index is 13.3. The van der Waals surface area contributed by atoms with Crippen molar-refractivity contribution in [1.82, 2.24) is 4.31 Å². The molecule has 2 rings (SSSR count). The van der Waals surface area contributed by atoms with Gasteiger partial charge >= 0.3 is 0 Å². The van der Waals surface area contributed by atoms with Crippen LogP contribution in [0.5, 0.6) is 0 Å². The molecule has 28 heavy (non-hydrogen) atoms. The Morgan fingerprint density at radius 1 is 1.18 bits per heavy atom. The molecule has 1 aromatic rings. The van der Waals surface area contributed by atoms with Crippen molar-refractivity contribution in [3.05, 3.63) is 54.3 Å². The summed E-state index contributed by atoms with van der Waals surface area (Å²) < 4.78 is 34.4. The first-order valence-corrected chi connectivity index (χ1v) is 13.9. The molecule has 1 aromatic carbocycles. The Labute approximate surface area is 170 Å². The Morgan fingerprint density at radius 2 is 1.75 bits per heavy atom. The van der Waals surface area contributed by atoms with Gasteiger partial charge in [0.15, 0.2) is 8.32 Å². The van der Waals surface area contributed by atoms with Crippen molar-refractivity contribution < 1.29 is 18.0 Å². The molecule has 1 N–H and O–H groups in total. The van der Waals surface area contributed by atoms with Crippen molar-refractivity contribution in [3.63, 3.8) is 0 Å². The number of sulfonamides is 1. The van der Waals surface area contributed by atoms with E-state index in [0.29, 0.717) is 0 Å². The van der Waals surface area contributed by atoms with E-state index in [2.05, 4.69) is 33.9 Å². The fraction of sp³-hybridized carbons (Fsp3) is 0.524. The summed E-state index contributed by atoms with van der Waals surface area (Å²) in [7, 11) is -6.01. The highest BCUT2D eigenvalue weighted by atomic mass is 32.2. The minimum absolute atomic E-state index is 0.0605. The van der Waals surface area contributed by atoms with Gasteiger partial charge in [-0.25, -0.2) is 8.42 Å². The minimum Gasteiger partial charge on any atom is -0.408 e. The number of hydrogen-bond donors (Lipinski definition) is 1. The first-order chi connectivity index (χ1) is 12.8. The monoisotopic (exact) mass is 423 g/mol. The number of aliphatic hydroxyl groups is 1. The lowest BCUT2D eigenvalue weighted by Crippen LogP contribution is -2.56. The third-order valence-corrected chi connectivity index (χ3v) is 11.9. The van der Waals surface area contributed by atoms with Crippen LogP contribution in [0.2, 0.25) is 18.1 Å². The number of rotatable bonds is 5. The summed E-state index contributed by atoms with van der Waals surface area (Å²) >= 11 is 0. The van der Waals surface area contributed by atoms with E-state index in [1.54, 1.807) is 36.4 Å². The lowest BCUT2D eigenvalue weighted by molar-refractivity contribution is 0.0216. The van der Waals surface area contributed by atoms with Crippen LogP contribution in [0.25, 0.3) is 0 Å². The maximum Gasteiger partial charge on any atom is 0.264 e. The number of nitrogens with zero attached hydrogens (tertiary/aromatic N) is 1. The zero-order chi connectivity index (χ0) is 21.3. The lowest BCUT2D eigenvalue weighted by atomic mass is 10.0. The molecule has 0 aromatic heterocycles. The van der Waals surface area contributed by atoms with Gasteiger partial charge in [0.1, 0.15) is 6.10 Å². The molecule has 7 heteroatoms. The molecule has 0 spiro atoms. The van der Waals surface area contributed by atoms with Gasteiger partial charge in [0.25, 0.3) is 10.0 Å². The zero-order valence-corrected chi connectivity index (χ0v) is 19.7. The topological polar surface area (TPSA) is 66.8 Å². The van der Waals surface area contributed by atoms with Gasteiger partial charge in [0.05, 0.1) is 17.0 Å². The van der Waals surface area contributed by atoms with Gasteiger partial charge in [-0.2, -0.15) is 0 Å². The van der Waals surface area contributed by atoms with Crippen LogP contribution in [0.1, 0.15) is 33.3 Å². The van der Waals surface area contributed by atoms with Crippen LogP contribution in [-0.4, -0.2) is 44.4 Å². The molecular formula is C21H33NO4SSi. The van der Waals surface area contributed by atoms with E-state index in [1.165, 1.54) is 16.6 Å². The van der Waals surface area contributed by atoms with Gasteiger partial charge in [-0.3, -0.25) is 4.31 Å². The highest BCUT2D eigenvalue weighted by Crippen LogP contribution is 2.39. The molecular weight excluding hydrogens is 390 g/mol. The Balaban J connectivity index is 2.48. The molecule has 1 heterocycles. The Bertz CT molecular complexity index is 838. The van der Waals surface area contributed by atoms with Crippen molar-refractivity contribution in [2.45, 2.75) is 75.9 Å². The van der Waals surface area contributed by atoms with Crippen molar-refractivity contribution in [2.24, 2.45) is 0 Å². The quantitative estimate of drug-likeness (QED) is 0.569. The van der Waals surface area contributed by atoms with Crippen LogP contribution < -0.4 is 0 Å². The second kappa shape index (κ2) is 8.14. The summed E-state index contributed by atoms with van der Waals surface area (Å²) in [5.41, 5.74) is 0.993. The predicted molar refractivity (Wildman–Crippen MR) is 116 cm³/mol. The van der Waals surface area contributed by atoms with E-state index in [9.17, 15) is 13.5 Å². The Kier molecular flexibility index (Phi) is 6.65. The molecule has 0 saturated carbocycles. The van der Waals surface area contributed by atoms with Crippen molar-refractivity contribution >= 4 is 18.3 Å². The van der Waals surface area contributed by atoms with Crippen LogP contribution >= 0.6 is 0 Å². The van der Waals surface area contributed by atoms with Gasteiger partial charge < -0.3 is 9.53 Å². The average Bonchev–Trinajstić information content (AvgIpc) is 2.57. The van der Waals surface area contributed by atoms with Crippen LogP contribution in [0, 0.1) is 6.92 Å². The van der Waals surface area contributed by atoms with Crippen LogP contribution in [0.15, 0.2) is 53.6 Å². The molecule has 0 fully saturated rings. The second-order valence-electron chi connectivity index (χ2n) is 8.84. The van der Waals surface area contributed by atoms with Crippen molar-refractivity contribution in [3.8, 4) is 0 Å². The smallest absolute Gasteiger partial charge is 0.264 e. The van der Waals surface area contributed by atoms with Crippen LogP contribution in [-0.2, 0) is 14.4 Å². The van der Waals surface area contributed by atoms with E-state index < -0.39 is 36.6 Å². The van der Waals surface area contributed by atoms with Crippen LogP contribution in [0.3, 0.4) is 0 Å². The summed E-state index contributed by atoms with van der Waals surface area (Å²) in [5.74, 6) is 0. The second-order valence-corrected chi connectivity index (χ2v) is 15.4. The summed E-state index contributed by atoms with van der Waals surface area (Å²) in [6, 6.07) is 6.17. The largest absolute Gasteiger partial charge is 0.408 e. The number of aryl methyl sites for hydroxylation is 1. The molecule has 3 atom stereocenters. The van der Waals surface area contributed by atoms with Gasteiger partial charge in [-0.15, -0.1) is 0 Å². The summed E-state index contributed by atoms with van der Waals surface area (Å²) in [6.45, 7) is 14.3. The third-order valence-electron chi connectivity index (χ3n) is 5.62. The molecule has 5 nitrogen and oxygen atoms in total. The minimum atomic E-state index is -3.78. The summed E-state index contributed by atoms with van der Waals surface area (Å²) in [5, 5.41) is 10.6. The molecule has 156 valence electrons. The summed E-state index contributed by atoms with van der Waals surface area (Å²) in [6.07, 6.45) is 5.01. The SMILES string of the molecule is C/C=C/[C@@H]1[C@@H](O[Si](C)(C)C(C)(C)C)[C@@H](O)C=CN1S(=O)(=O)c1ccc(C)cc1. The van der Waals surface area contributed by atoms with E-state index in [-0.39, 0.29) is 9.93 Å². The first kappa shape index (κ1) is 22.9. The lowest BCUT2D eigenvalue weighted by Gasteiger charge is -2.45. The van der Waals surface area contributed by atoms with Gasteiger partial charge in [-0.05, 0) is 50.2 Å². The van der Waals surface area contributed by atoms with Gasteiger partial charge in [0, 0.05) is 6.20 Å². The molecule has 0 amide bonds. The molecule has 1 aliphatic rings. The molecule has 0 bridgehead atoms. The fourth-order valence-corrected chi connectivity index (χ4v) is 5.63. The van der Waals surface area contributed by atoms with E-state index >= 15 is 0 Å². The van der Waals surface area contributed by atoms with Crippen molar-refractivity contribution in [2.75, 3.05) is 0 Å². The molecule has 0 radical (unpaired) electrons. The predicted octanol–water partition coefficient (Wildman–Crippen LogP) is 4.21.